The van der Waals surface area contributed by atoms with Gasteiger partial charge in [0.2, 0.25) is 0 Å². The molecule has 0 saturated heterocycles. The van der Waals surface area contributed by atoms with E-state index in [4.69, 9.17) is 11.5 Å². The highest BCUT2D eigenvalue weighted by molar-refractivity contribution is 6.10. The molecular weight excluding hydrogens is 292 g/mol. The summed E-state index contributed by atoms with van der Waals surface area (Å²) in [7, 11) is 0. The Morgan fingerprint density at radius 1 is 0.542 bits per heavy atom. The van der Waals surface area contributed by atoms with Crippen molar-refractivity contribution >= 4 is 22.1 Å². The molecule has 0 atom stereocenters. The molecule has 2 nitrogen and oxygen atoms in total. The van der Waals surface area contributed by atoms with E-state index in [1.807, 2.05) is 54.6 Å². The van der Waals surface area contributed by atoms with Gasteiger partial charge in [-0.3, -0.25) is 0 Å². The molecule has 0 heterocycles. The summed E-state index contributed by atoms with van der Waals surface area (Å²) in [5.74, 6) is 0. The maximum atomic E-state index is 6.60. The fourth-order valence-electron chi connectivity index (χ4n) is 3.24. The van der Waals surface area contributed by atoms with E-state index in [0.29, 0.717) is 0 Å². The summed E-state index contributed by atoms with van der Waals surface area (Å²) >= 11 is 0. The maximum Gasteiger partial charge on any atom is 0.0480 e. The first-order valence-electron chi connectivity index (χ1n) is 7.97. The molecule has 0 aliphatic heterocycles. The summed E-state index contributed by atoms with van der Waals surface area (Å²) in [5, 5.41) is 1.99. The Labute approximate surface area is 141 Å². The van der Waals surface area contributed by atoms with Gasteiger partial charge in [-0.1, -0.05) is 72.8 Å². The van der Waals surface area contributed by atoms with Gasteiger partial charge in [0.15, 0.2) is 0 Å². The second-order valence-corrected chi connectivity index (χ2v) is 5.89. The van der Waals surface area contributed by atoms with E-state index >= 15 is 0 Å². The zero-order chi connectivity index (χ0) is 16.5. The summed E-state index contributed by atoms with van der Waals surface area (Å²) in [4.78, 5) is 0. The molecule has 4 aromatic carbocycles. The van der Waals surface area contributed by atoms with Crippen molar-refractivity contribution in [2.75, 3.05) is 11.5 Å². The van der Waals surface area contributed by atoms with E-state index < -0.39 is 0 Å². The Kier molecular flexibility index (Phi) is 3.43. The monoisotopic (exact) mass is 310 g/mol. The van der Waals surface area contributed by atoms with Crippen LogP contribution < -0.4 is 11.5 Å². The Morgan fingerprint density at radius 3 is 1.83 bits per heavy atom. The highest BCUT2D eigenvalue weighted by Gasteiger charge is 2.15. The molecule has 0 aromatic heterocycles. The third-order valence-corrected chi connectivity index (χ3v) is 4.40. The van der Waals surface area contributed by atoms with Crippen LogP contribution in [0.3, 0.4) is 0 Å². The summed E-state index contributed by atoms with van der Waals surface area (Å²) in [6, 6.07) is 28.6. The van der Waals surface area contributed by atoms with Crippen molar-refractivity contribution in [3.63, 3.8) is 0 Å². The average Bonchev–Trinajstić information content (AvgIpc) is 2.64. The quantitative estimate of drug-likeness (QED) is 0.491. The van der Waals surface area contributed by atoms with Crippen molar-refractivity contribution in [1.29, 1.82) is 0 Å². The highest BCUT2D eigenvalue weighted by Crippen LogP contribution is 2.42. The van der Waals surface area contributed by atoms with Crippen molar-refractivity contribution in [2.45, 2.75) is 0 Å². The minimum atomic E-state index is 0.746. The van der Waals surface area contributed by atoms with Gasteiger partial charge in [0.1, 0.15) is 0 Å². The average molecular weight is 310 g/mol. The van der Waals surface area contributed by atoms with Gasteiger partial charge in [-0.05, 0) is 28.8 Å². The lowest BCUT2D eigenvalue weighted by Gasteiger charge is -2.17. The van der Waals surface area contributed by atoms with Gasteiger partial charge < -0.3 is 11.5 Å². The lowest BCUT2D eigenvalue weighted by atomic mass is 9.89. The van der Waals surface area contributed by atoms with E-state index in [-0.39, 0.29) is 0 Å². The van der Waals surface area contributed by atoms with Gasteiger partial charge >= 0.3 is 0 Å². The van der Waals surface area contributed by atoms with Crippen LogP contribution in [-0.2, 0) is 0 Å². The van der Waals surface area contributed by atoms with E-state index in [1.165, 1.54) is 0 Å². The Morgan fingerprint density at radius 2 is 1.17 bits per heavy atom. The zero-order valence-corrected chi connectivity index (χ0v) is 13.2. The summed E-state index contributed by atoms with van der Waals surface area (Å²) in [6.07, 6.45) is 0. The maximum absolute atomic E-state index is 6.60. The van der Waals surface area contributed by atoms with Crippen LogP contribution in [0.1, 0.15) is 0 Å². The molecule has 0 amide bonds. The molecular formula is C22H18N2. The van der Waals surface area contributed by atoms with Crippen LogP contribution in [0, 0.1) is 0 Å². The number of rotatable bonds is 2. The number of hydrogen-bond donors (Lipinski definition) is 2. The predicted octanol–water partition coefficient (Wildman–Crippen LogP) is 5.34. The molecule has 0 spiro atoms. The highest BCUT2D eigenvalue weighted by atomic mass is 14.6. The second kappa shape index (κ2) is 5.74. The normalized spacial score (nSPS) is 10.8. The fraction of sp³-hybridized carbons (Fsp3) is 0. The predicted molar refractivity (Wildman–Crippen MR) is 104 cm³/mol. The molecule has 0 aliphatic rings. The number of nitrogens with two attached hydrogens (primary N) is 2. The number of benzene rings is 4. The van der Waals surface area contributed by atoms with Gasteiger partial charge in [-0.2, -0.15) is 0 Å². The molecule has 4 rings (SSSR count). The SMILES string of the molecule is Nc1cccc2c(N)c(-c3ccccc3)c(-c3ccccc3)cc12. The van der Waals surface area contributed by atoms with Gasteiger partial charge in [-0.15, -0.1) is 0 Å². The van der Waals surface area contributed by atoms with Gasteiger partial charge in [-0.25, -0.2) is 0 Å². The van der Waals surface area contributed by atoms with Gasteiger partial charge in [0, 0.05) is 27.7 Å². The molecule has 24 heavy (non-hydrogen) atoms. The molecule has 0 fully saturated rings. The number of nitrogen functional groups attached to an aromatic ring is 2. The molecule has 0 aliphatic carbocycles. The van der Waals surface area contributed by atoms with Crippen LogP contribution in [-0.4, -0.2) is 0 Å². The molecule has 2 heteroatoms. The van der Waals surface area contributed by atoms with Crippen LogP contribution >= 0.6 is 0 Å². The standard InChI is InChI=1S/C22H18N2/c23-20-13-7-12-17-19(20)14-18(15-8-3-1-4-9-15)21(22(17)24)16-10-5-2-6-11-16/h1-14H,23-24H2. The Bertz CT molecular complexity index is 1010. The molecule has 4 N–H and O–H groups in total. The Balaban J connectivity index is 2.14. The first-order chi connectivity index (χ1) is 11.8. The third-order valence-electron chi connectivity index (χ3n) is 4.40. The van der Waals surface area contributed by atoms with Crippen molar-refractivity contribution < 1.29 is 0 Å². The topological polar surface area (TPSA) is 52.0 Å². The molecule has 4 aromatic rings. The van der Waals surface area contributed by atoms with Crippen LogP contribution in [0.15, 0.2) is 84.9 Å². The van der Waals surface area contributed by atoms with Crippen molar-refractivity contribution in [3.05, 3.63) is 84.9 Å². The van der Waals surface area contributed by atoms with Crippen LogP contribution in [0.4, 0.5) is 11.4 Å². The molecule has 0 radical (unpaired) electrons. The van der Waals surface area contributed by atoms with E-state index in [1.54, 1.807) is 0 Å². The smallest absolute Gasteiger partial charge is 0.0480 e. The minimum absolute atomic E-state index is 0.746. The third kappa shape index (κ3) is 2.29. The van der Waals surface area contributed by atoms with Crippen molar-refractivity contribution in [1.82, 2.24) is 0 Å². The summed E-state index contributed by atoms with van der Waals surface area (Å²) in [6.45, 7) is 0. The lowest BCUT2D eigenvalue weighted by Crippen LogP contribution is -1.97. The largest absolute Gasteiger partial charge is 0.398 e. The number of anilines is 2. The van der Waals surface area contributed by atoms with Gasteiger partial charge in [0.05, 0.1) is 0 Å². The molecule has 0 unspecified atom stereocenters. The van der Waals surface area contributed by atoms with E-state index in [9.17, 15) is 0 Å². The molecule has 0 bridgehead atoms. The van der Waals surface area contributed by atoms with E-state index in [2.05, 4.69) is 30.3 Å². The zero-order valence-electron chi connectivity index (χ0n) is 13.2. The number of hydrogen-bond acceptors (Lipinski definition) is 2. The first-order valence-corrected chi connectivity index (χ1v) is 7.97. The molecule has 116 valence electrons. The Hall–Kier alpha value is -3.26. The summed E-state index contributed by atoms with van der Waals surface area (Å²) < 4.78 is 0. The summed E-state index contributed by atoms with van der Waals surface area (Å²) in [5.41, 5.74) is 18.7. The van der Waals surface area contributed by atoms with E-state index in [0.717, 1.165) is 44.4 Å². The molecule has 0 saturated carbocycles. The van der Waals surface area contributed by atoms with Crippen LogP contribution in [0.2, 0.25) is 0 Å². The van der Waals surface area contributed by atoms with Crippen LogP contribution in [0.25, 0.3) is 33.0 Å². The van der Waals surface area contributed by atoms with Crippen molar-refractivity contribution in [3.8, 4) is 22.3 Å². The fourth-order valence-corrected chi connectivity index (χ4v) is 3.24. The lowest BCUT2D eigenvalue weighted by molar-refractivity contribution is 1.60. The van der Waals surface area contributed by atoms with Gasteiger partial charge in [0.25, 0.3) is 0 Å². The van der Waals surface area contributed by atoms with Crippen LogP contribution in [0.5, 0.6) is 0 Å². The minimum Gasteiger partial charge on any atom is -0.398 e. The van der Waals surface area contributed by atoms with Crippen molar-refractivity contribution in [2.24, 2.45) is 0 Å². The number of fused-ring (bicyclic) bond motifs is 1. The first kappa shape index (κ1) is 14.3. The second-order valence-electron chi connectivity index (χ2n) is 5.89.